The molecule has 104 valence electrons. The first-order chi connectivity index (χ1) is 8.81. The summed E-state index contributed by atoms with van der Waals surface area (Å²) in [4.78, 5) is 23.1. The van der Waals surface area contributed by atoms with Crippen LogP contribution < -0.4 is 11.1 Å². The average Bonchev–Trinajstić information content (AvgIpc) is 2.31. The van der Waals surface area contributed by atoms with Crippen LogP contribution in [-0.4, -0.2) is 23.0 Å². The van der Waals surface area contributed by atoms with Crippen LogP contribution in [0.4, 0.5) is 5.69 Å². The molecule has 0 bridgehead atoms. The van der Waals surface area contributed by atoms with Gasteiger partial charge in [-0.1, -0.05) is 19.9 Å². The Balaban J connectivity index is 2.81. The molecule has 0 saturated carbocycles. The van der Waals surface area contributed by atoms with E-state index in [2.05, 4.69) is 5.32 Å². The fourth-order valence-corrected chi connectivity index (χ4v) is 1.72. The van der Waals surface area contributed by atoms with Gasteiger partial charge in [0.05, 0.1) is 0 Å². The fraction of sp³-hybridized carbons (Fsp3) is 0.429. The number of nitrogen functional groups attached to an aromatic ring is 1. The van der Waals surface area contributed by atoms with Crippen molar-refractivity contribution in [3.63, 3.8) is 0 Å². The number of carboxylic acid groups (broad SMARTS) is 1. The number of carbonyl (C=O) groups excluding carboxylic acids is 1. The van der Waals surface area contributed by atoms with E-state index < -0.39 is 17.9 Å². The van der Waals surface area contributed by atoms with Crippen LogP contribution in [0, 0.1) is 12.8 Å². The highest BCUT2D eigenvalue weighted by Crippen LogP contribution is 2.13. The molecule has 0 aromatic heterocycles. The SMILES string of the molecule is Cc1ccc(C(=O)NC(CC(C)C)C(=O)O)cc1N. The Labute approximate surface area is 112 Å². The zero-order valence-corrected chi connectivity index (χ0v) is 11.4. The van der Waals surface area contributed by atoms with E-state index in [1.54, 1.807) is 18.2 Å². The lowest BCUT2D eigenvalue weighted by molar-refractivity contribution is -0.139. The van der Waals surface area contributed by atoms with Crippen molar-refractivity contribution in [2.24, 2.45) is 5.92 Å². The van der Waals surface area contributed by atoms with Crippen LogP contribution in [0.15, 0.2) is 18.2 Å². The maximum Gasteiger partial charge on any atom is 0.326 e. The van der Waals surface area contributed by atoms with Crippen molar-refractivity contribution in [3.05, 3.63) is 29.3 Å². The molecule has 1 amide bonds. The second kappa shape index (κ2) is 6.22. The van der Waals surface area contributed by atoms with Crippen molar-refractivity contribution in [3.8, 4) is 0 Å². The molecule has 0 aliphatic rings. The minimum Gasteiger partial charge on any atom is -0.480 e. The number of rotatable bonds is 5. The van der Waals surface area contributed by atoms with Crippen LogP contribution in [0.5, 0.6) is 0 Å². The number of nitrogens with two attached hydrogens (primary N) is 1. The van der Waals surface area contributed by atoms with Crippen LogP contribution in [0.3, 0.4) is 0 Å². The van der Waals surface area contributed by atoms with Gasteiger partial charge in [-0.2, -0.15) is 0 Å². The molecule has 0 heterocycles. The molecule has 1 rings (SSSR count). The third-order valence-electron chi connectivity index (χ3n) is 2.85. The zero-order valence-electron chi connectivity index (χ0n) is 11.4. The number of amides is 1. The Morgan fingerprint density at radius 1 is 1.37 bits per heavy atom. The third-order valence-corrected chi connectivity index (χ3v) is 2.85. The summed E-state index contributed by atoms with van der Waals surface area (Å²) in [7, 11) is 0. The molecule has 19 heavy (non-hydrogen) atoms. The Kier molecular flexibility index (Phi) is 4.92. The minimum atomic E-state index is -1.03. The first-order valence-corrected chi connectivity index (χ1v) is 6.21. The number of aryl methyl sites for hydroxylation is 1. The van der Waals surface area contributed by atoms with Gasteiger partial charge in [-0.3, -0.25) is 4.79 Å². The summed E-state index contributed by atoms with van der Waals surface area (Å²) < 4.78 is 0. The van der Waals surface area contributed by atoms with Gasteiger partial charge in [0, 0.05) is 11.3 Å². The van der Waals surface area contributed by atoms with Crippen molar-refractivity contribution in [1.82, 2.24) is 5.32 Å². The van der Waals surface area contributed by atoms with E-state index >= 15 is 0 Å². The summed E-state index contributed by atoms with van der Waals surface area (Å²) in [5.41, 5.74) is 7.51. The minimum absolute atomic E-state index is 0.185. The average molecular weight is 264 g/mol. The van der Waals surface area contributed by atoms with E-state index in [-0.39, 0.29) is 5.92 Å². The van der Waals surface area contributed by atoms with Crippen LogP contribution in [0.25, 0.3) is 0 Å². The van der Waals surface area contributed by atoms with Crippen molar-refractivity contribution in [2.75, 3.05) is 5.73 Å². The molecular weight excluding hydrogens is 244 g/mol. The third kappa shape index (κ3) is 4.28. The van der Waals surface area contributed by atoms with E-state index in [0.717, 1.165) is 5.56 Å². The van der Waals surface area contributed by atoms with Crippen molar-refractivity contribution in [1.29, 1.82) is 0 Å². The normalized spacial score (nSPS) is 12.2. The predicted octanol–water partition coefficient (Wildman–Crippen LogP) is 1.81. The van der Waals surface area contributed by atoms with Gasteiger partial charge < -0.3 is 16.2 Å². The number of nitrogens with one attached hydrogen (secondary N) is 1. The molecule has 0 radical (unpaired) electrons. The van der Waals surface area contributed by atoms with Gasteiger partial charge in [0.2, 0.25) is 0 Å². The van der Waals surface area contributed by atoms with Crippen LogP contribution in [0.1, 0.15) is 36.2 Å². The topological polar surface area (TPSA) is 92.4 Å². The summed E-state index contributed by atoms with van der Waals surface area (Å²) in [5.74, 6) is -1.26. The fourth-order valence-electron chi connectivity index (χ4n) is 1.72. The van der Waals surface area contributed by atoms with Gasteiger partial charge in [0.25, 0.3) is 5.91 Å². The molecule has 1 aromatic rings. The van der Waals surface area contributed by atoms with Crippen LogP contribution >= 0.6 is 0 Å². The summed E-state index contributed by atoms with van der Waals surface area (Å²) in [5, 5.41) is 11.6. The molecular formula is C14H20N2O3. The molecule has 5 nitrogen and oxygen atoms in total. The second-order valence-electron chi connectivity index (χ2n) is 5.07. The zero-order chi connectivity index (χ0) is 14.6. The van der Waals surface area contributed by atoms with Crippen LogP contribution in [0.2, 0.25) is 0 Å². The largest absolute Gasteiger partial charge is 0.480 e. The number of carbonyl (C=O) groups is 2. The molecule has 0 spiro atoms. The molecule has 5 heteroatoms. The predicted molar refractivity (Wildman–Crippen MR) is 73.9 cm³/mol. The van der Waals surface area contributed by atoms with E-state index in [1.807, 2.05) is 20.8 Å². The number of aliphatic carboxylic acids is 1. The molecule has 1 aromatic carbocycles. The highest BCUT2D eigenvalue weighted by molar-refractivity contribution is 5.97. The highest BCUT2D eigenvalue weighted by atomic mass is 16.4. The van der Waals surface area contributed by atoms with E-state index in [1.165, 1.54) is 0 Å². The van der Waals surface area contributed by atoms with Gasteiger partial charge >= 0.3 is 5.97 Å². The maximum atomic E-state index is 12.0. The van der Waals surface area contributed by atoms with Gasteiger partial charge in [-0.05, 0) is 37.0 Å². The van der Waals surface area contributed by atoms with E-state index in [4.69, 9.17) is 10.8 Å². The van der Waals surface area contributed by atoms with Gasteiger partial charge in [-0.15, -0.1) is 0 Å². The Bertz CT molecular complexity index is 484. The van der Waals surface area contributed by atoms with Crippen molar-refractivity contribution >= 4 is 17.6 Å². The Morgan fingerprint density at radius 2 is 2.00 bits per heavy atom. The molecule has 0 aliphatic carbocycles. The standard InChI is InChI=1S/C14H20N2O3/c1-8(2)6-12(14(18)19)16-13(17)10-5-4-9(3)11(15)7-10/h4-5,7-8,12H,6,15H2,1-3H3,(H,16,17)(H,18,19). The highest BCUT2D eigenvalue weighted by Gasteiger charge is 2.21. The van der Waals surface area contributed by atoms with E-state index in [0.29, 0.717) is 17.7 Å². The second-order valence-corrected chi connectivity index (χ2v) is 5.07. The summed E-state index contributed by atoms with van der Waals surface area (Å²) in [6, 6.07) is 4.05. The van der Waals surface area contributed by atoms with Crippen LogP contribution in [-0.2, 0) is 4.79 Å². The smallest absolute Gasteiger partial charge is 0.326 e. The van der Waals surface area contributed by atoms with Gasteiger partial charge in [0.15, 0.2) is 0 Å². The Morgan fingerprint density at radius 3 is 2.47 bits per heavy atom. The number of hydrogen-bond acceptors (Lipinski definition) is 3. The summed E-state index contributed by atoms with van der Waals surface area (Å²) >= 11 is 0. The Hall–Kier alpha value is -2.04. The molecule has 0 saturated heterocycles. The lowest BCUT2D eigenvalue weighted by Crippen LogP contribution is -2.41. The number of carboxylic acids is 1. The van der Waals surface area contributed by atoms with Crippen molar-refractivity contribution < 1.29 is 14.7 Å². The monoisotopic (exact) mass is 264 g/mol. The molecule has 0 aliphatic heterocycles. The number of anilines is 1. The lowest BCUT2D eigenvalue weighted by atomic mass is 10.0. The summed E-state index contributed by atoms with van der Waals surface area (Å²) in [6.45, 7) is 5.66. The van der Waals surface area contributed by atoms with E-state index in [9.17, 15) is 9.59 Å². The van der Waals surface area contributed by atoms with Gasteiger partial charge in [0.1, 0.15) is 6.04 Å². The number of hydrogen-bond donors (Lipinski definition) is 3. The molecule has 4 N–H and O–H groups in total. The summed E-state index contributed by atoms with van der Waals surface area (Å²) in [6.07, 6.45) is 0.391. The van der Waals surface area contributed by atoms with Gasteiger partial charge in [-0.25, -0.2) is 4.79 Å². The molecule has 1 unspecified atom stereocenters. The quantitative estimate of drug-likeness (QED) is 0.707. The van der Waals surface area contributed by atoms with Crippen molar-refractivity contribution in [2.45, 2.75) is 33.2 Å². The first kappa shape index (κ1) is 15.0. The lowest BCUT2D eigenvalue weighted by Gasteiger charge is -2.16. The first-order valence-electron chi connectivity index (χ1n) is 6.21. The molecule has 0 fully saturated rings. The molecule has 1 atom stereocenters. The maximum absolute atomic E-state index is 12.0. The number of benzene rings is 1.